The van der Waals surface area contributed by atoms with Crippen LogP contribution in [0.25, 0.3) is 0 Å². The summed E-state index contributed by atoms with van der Waals surface area (Å²) >= 11 is 0. The van der Waals surface area contributed by atoms with Gasteiger partial charge in [0.25, 0.3) is 0 Å². The molecule has 2 aromatic heterocycles. The topological polar surface area (TPSA) is 43.0 Å². The van der Waals surface area contributed by atoms with Crippen LogP contribution in [-0.2, 0) is 19.3 Å². The quantitative estimate of drug-likeness (QED) is 0.890. The van der Waals surface area contributed by atoms with E-state index in [2.05, 4.69) is 24.3 Å². The van der Waals surface area contributed by atoms with Gasteiger partial charge in [-0.2, -0.15) is 18.3 Å². The first-order valence-electron chi connectivity index (χ1n) is 6.73. The van der Waals surface area contributed by atoms with Gasteiger partial charge in [-0.05, 0) is 24.6 Å². The van der Waals surface area contributed by atoms with E-state index in [1.165, 1.54) is 17.1 Å². The third kappa shape index (κ3) is 4.35. The molecule has 0 saturated carbocycles. The van der Waals surface area contributed by atoms with Crippen LogP contribution in [0.15, 0.2) is 29.0 Å². The van der Waals surface area contributed by atoms with Gasteiger partial charge in [0.1, 0.15) is 5.76 Å². The van der Waals surface area contributed by atoms with E-state index < -0.39 is 11.9 Å². The summed E-state index contributed by atoms with van der Waals surface area (Å²) in [6, 6.07) is 2.77. The first kappa shape index (κ1) is 15.6. The Morgan fingerprint density at radius 3 is 2.71 bits per heavy atom. The first-order valence-corrected chi connectivity index (χ1v) is 6.73. The third-order valence-electron chi connectivity index (χ3n) is 2.94. The fourth-order valence-electron chi connectivity index (χ4n) is 1.91. The molecule has 0 radical (unpaired) electrons. The number of alkyl halides is 3. The summed E-state index contributed by atoms with van der Waals surface area (Å²) in [6.07, 6.45) is -1.58. The second-order valence-electron chi connectivity index (χ2n) is 5.29. The van der Waals surface area contributed by atoms with Crippen LogP contribution in [0, 0.1) is 5.92 Å². The smallest absolute Gasteiger partial charge is 0.435 e. The maximum absolute atomic E-state index is 12.5. The monoisotopic (exact) mass is 301 g/mol. The Hall–Kier alpha value is -1.76. The number of rotatable bonds is 6. The van der Waals surface area contributed by atoms with E-state index in [0.29, 0.717) is 18.2 Å². The summed E-state index contributed by atoms with van der Waals surface area (Å²) in [7, 11) is 0. The zero-order chi connectivity index (χ0) is 15.5. The summed E-state index contributed by atoms with van der Waals surface area (Å²) in [4.78, 5) is 0. The highest BCUT2D eigenvalue weighted by atomic mass is 19.4. The van der Waals surface area contributed by atoms with Crippen molar-refractivity contribution >= 4 is 0 Å². The fourth-order valence-corrected chi connectivity index (χ4v) is 1.91. The van der Waals surface area contributed by atoms with Crippen molar-refractivity contribution in [2.45, 2.75) is 33.1 Å². The van der Waals surface area contributed by atoms with Crippen LogP contribution in [0.5, 0.6) is 0 Å². The Balaban J connectivity index is 2.00. The van der Waals surface area contributed by atoms with E-state index in [1.807, 2.05) is 6.07 Å². The Bertz CT molecular complexity index is 572. The van der Waals surface area contributed by atoms with Gasteiger partial charge in [-0.3, -0.25) is 4.68 Å². The summed E-state index contributed by atoms with van der Waals surface area (Å²) in [5.41, 5.74) is 0.0354. The third-order valence-corrected chi connectivity index (χ3v) is 2.94. The van der Waals surface area contributed by atoms with Crippen LogP contribution in [0.1, 0.15) is 30.9 Å². The molecule has 0 saturated heterocycles. The zero-order valence-electron chi connectivity index (χ0n) is 11.9. The van der Waals surface area contributed by atoms with Gasteiger partial charge in [-0.25, -0.2) is 0 Å². The number of nitrogens with zero attached hydrogens (tertiary/aromatic N) is 2. The Labute approximate surface area is 120 Å². The molecule has 0 unspecified atom stereocenters. The highest BCUT2D eigenvalue weighted by Gasteiger charge is 2.33. The minimum absolute atomic E-state index is 0.182. The van der Waals surface area contributed by atoms with Gasteiger partial charge in [0.2, 0.25) is 0 Å². The molecule has 0 spiro atoms. The van der Waals surface area contributed by atoms with Crippen LogP contribution in [0.4, 0.5) is 13.2 Å². The number of hydrogen-bond acceptors (Lipinski definition) is 3. The first-order chi connectivity index (χ1) is 9.86. The zero-order valence-corrected chi connectivity index (χ0v) is 11.9. The summed E-state index contributed by atoms with van der Waals surface area (Å²) in [6.45, 7) is 5.88. The molecule has 0 aliphatic heterocycles. The van der Waals surface area contributed by atoms with Crippen molar-refractivity contribution in [3.63, 3.8) is 0 Å². The van der Waals surface area contributed by atoms with Gasteiger partial charge < -0.3 is 9.73 Å². The Morgan fingerprint density at radius 2 is 2.10 bits per heavy atom. The van der Waals surface area contributed by atoms with Crippen molar-refractivity contribution in [2.24, 2.45) is 5.92 Å². The van der Waals surface area contributed by atoms with Gasteiger partial charge in [-0.1, -0.05) is 13.8 Å². The average molecular weight is 301 g/mol. The standard InChI is InChI=1S/C14H18F3N3O/c1-10(2)7-18-8-11-4-6-21-12(11)9-20-5-3-13(19-20)14(15,16)17/h3-6,10,18H,7-9H2,1-2H3. The van der Waals surface area contributed by atoms with Crippen LogP contribution in [0.2, 0.25) is 0 Å². The van der Waals surface area contributed by atoms with E-state index in [1.54, 1.807) is 0 Å². The van der Waals surface area contributed by atoms with Crippen molar-refractivity contribution in [1.29, 1.82) is 0 Å². The van der Waals surface area contributed by atoms with Gasteiger partial charge in [0.15, 0.2) is 5.69 Å². The van der Waals surface area contributed by atoms with E-state index in [0.717, 1.165) is 18.2 Å². The lowest BCUT2D eigenvalue weighted by molar-refractivity contribution is -0.141. The number of aromatic nitrogens is 2. The Kier molecular flexibility index (Phi) is 4.72. The van der Waals surface area contributed by atoms with Crippen molar-refractivity contribution < 1.29 is 17.6 Å². The molecule has 0 atom stereocenters. The van der Waals surface area contributed by atoms with Crippen molar-refractivity contribution in [2.75, 3.05) is 6.54 Å². The molecule has 21 heavy (non-hydrogen) atoms. The molecule has 0 bridgehead atoms. The van der Waals surface area contributed by atoms with Gasteiger partial charge in [0, 0.05) is 18.3 Å². The minimum Gasteiger partial charge on any atom is -0.467 e. The van der Waals surface area contributed by atoms with E-state index in [9.17, 15) is 13.2 Å². The van der Waals surface area contributed by atoms with E-state index in [-0.39, 0.29) is 6.54 Å². The molecular formula is C14H18F3N3O. The number of hydrogen-bond donors (Lipinski definition) is 1. The highest BCUT2D eigenvalue weighted by molar-refractivity contribution is 5.17. The van der Waals surface area contributed by atoms with Crippen LogP contribution >= 0.6 is 0 Å². The second-order valence-corrected chi connectivity index (χ2v) is 5.29. The van der Waals surface area contributed by atoms with Crippen molar-refractivity contribution in [1.82, 2.24) is 15.1 Å². The molecule has 2 heterocycles. The molecule has 2 rings (SSSR count). The lowest BCUT2D eigenvalue weighted by atomic mass is 10.2. The molecule has 116 valence electrons. The molecule has 2 aromatic rings. The highest BCUT2D eigenvalue weighted by Crippen LogP contribution is 2.27. The maximum Gasteiger partial charge on any atom is 0.435 e. The predicted octanol–water partition coefficient (Wildman–Crippen LogP) is 3.29. The number of nitrogens with one attached hydrogen (secondary N) is 1. The molecule has 0 aromatic carbocycles. The summed E-state index contributed by atoms with van der Waals surface area (Å²) in [5.74, 6) is 1.14. The average Bonchev–Trinajstić information content (AvgIpc) is 2.99. The normalized spacial score (nSPS) is 12.3. The van der Waals surface area contributed by atoms with Crippen LogP contribution in [0.3, 0.4) is 0 Å². The molecule has 0 amide bonds. The van der Waals surface area contributed by atoms with Gasteiger partial charge >= 0.3 is 6.18 Å². The molecule has 0 aliphatic rings. The molecule has 7 heteroatoms. The Morgan fingerprint density at radius 1 is 1.33 bits per heavy atom. The van der Waals surface area contributed by atoms with Crippen molar-refractivity contribution in [3.8, 4) is 0 Å². The lowest BCUT2D eigenvalue weighted by Gasteiger charge is -2.08. The predicted molar refractivity (Wildman–Crippen MR) is 71.6 cm³/mol. The fraction of sp³-hybridized carbons (Fsp3) is 0.500. The molecule has 0 aliphatic carbocycles. The van der Waals surface area contributed by atoms with Crippen molar-refractivity contribution in [3.05, 3.63) is 41.6 Å². The summed E-state index contributed by atoms with van der Waals surface area (Å²) in [5, 5.41) is 6.79. The van der Waals surface area contributed by atoms with E-state index in [4.69, 9.17) is 4.42 Å². The maximum atomic E-state index is 12.5. The van der Waals surface area contributed by atoms with Crippen LogP contribution in [-0.4, -0.2) is 16.3 Å². The summed E-state index contributed by atoms with van der Waals surface area (Å²) < 4.78 is 44.0. The lowest BCUT2D eigenvalue weighted by Crippen LogP contribution is -2.19. The van der Waals surface area contributed by atoms with Gasteiger partial charge in [-0.15, -0.1) is 0 Å². The van der Waals surface area contributed by atoms with E-state index >= 15 is 0 Å². The number of furan rings is 1. The molecule has 1 N–H and O–H groups in total. The number of halogens is 3. The van der Waals surface area contributed by atoms with Gasteiger partial charge in [0.05, 0.1) is 12.8 Å². The molecule has 0 fully saturated rings. The minimum atomic E-state index is -4.42. The SMILES string of the molecule is CC(C)CNCc1ccoc1Cn1ccc(C(F)(F)F)n1. The molecule has 4 nitrogen and oxygen atoms in total. The molecular weight excluding hydrogens is 283 g/mol. The second kappa shape index (κ2) is 6.34. The van der Waals surface area contributed by atoms with Crippen LogP contribution < -0.4 is 5.32 Å². The largest absolute Gasteiger partial charge is 0.467 e.